The number of amides is 2. The molecule has 0 fully saturated rings. The van der Waals surface area contributed by atoms with E-state index >= 15 is 0 Å². The maximum atomic E-state index is 13.2. The van der Waals surface area contributed by atoms with E-state index < -0.39 is 17.9 Å². The van der Waals surface area contributed by atoms with Gasteiger partial charge in [-0.25, -0.2) is 21.2 Å². The Morgan fingerprint density at radius 3 is 2.21 bits per heavy atom. The summed E-state index contributed by atoms with van der Waals surface area (Å²) in [6.45, 7) is 9.02. The number of carbonyl (C=O) groups is 3. The first kappa shape index (κ1) is 29.3. The highest BCUT2D eigenvalue weighted by Crippen LogP contribution is 2.16. The van der Waals surface area contributed by atoms with E-state index in [2.05, 4.69) is 27.4 Å². The summed E-state index contributed by atoms with van der Waals surface area (Å²) in [5.74, 6) is -0.717. The van der Waals surface area contributed by atoms with E-state index in [4.69, 9.17) is 11.3 Å². The highest BCUT2D eigenvalue weighted by molar-refractivity contribution is 5.95. The number of rotatable bonds is 14. The van der Waals surface area contributed by atoms with Crippen LogP contribution in [0.1, 0.15) is 81.5 Å². The van der Waals surface area contributed by atoms with E-state index in [-0.39, 0.29) is 18.7 Å². The van der Waals surface area contributed by atoms with Gasteiger partial charge in [0, 0.05) is 6.54 Å². The first-order valence-corrected chi connectivity index (χ1v) is 13.6. The van der Waals surface area contributed by atoms with Crippen molar-refractivity contribution in [2.45, 2.75) is 71.1 Å². The minimum atomic E-state index is -0.645. The fraction of sp³-hybridized carbons (Fsp3) is 0.448. The number of aromatic nitrogens is 3. The fourth-order valence-electron chi connectivity index (χ4n) is 4.10. The van der Waals surface area contributed by atoms with Crippen molar-refractivity contribution in [3.05, 3.63) is 65.5 Å². The van der Waals surface area contributed by atoms with Crippen LogP contribution in [0.3, 0.4) is 0 Å². The molecule has 10 nitrogen and oxygen atoms in total. The molecule has 206 valence electrons. The summed E-state index contributed by atoms with van der Waals surface area (Å²) in [7, 11) is 0. The van der Waals surface area contributed by atoms with Gasteiger partial charge in [0.1, 0.15) is 16.8 Å². The van der Waals surface area contributed by atoms with E-state index in [1.165, 1.54) is 44.6 Å². The van der Waals surface area contributed by atoms with Crippen molar-refractivity contribution in [2.75, 3.05) is 13.1 Å². The summed E-state index contributed by atoms with van der Waals surface area (Å²) < 4.78 is 5.37. The topological polar surface area (TPSA) is 111 Å². The molecule has 1 N–H and O–H groups in total. The lowest BCUT2D eigenvalue weighted by atomic mass is 10.1. The lowest BCUT2D eigenvalue weighted by molar-refractivity contribution is -0.122. The van der Waals surface area contributed by atoms with Crippen molar-refractivity contribution in [1.82, 2.24) is 25.4 Å². The highest BCUT2D eigenvalue weighted by atomic mass is 16.5. The molecule has 1 aromatic heterocycles. The maximum Gasteiger partial charge on any atom is 0.380 e. The molecule has 0 spiro atoms. The first-order chi connectivity index (χ1) is 19.0. The number of benzene rings is 2. The van der Waals surface area contributed by atoms with Crippen LogP contribution in [0.2, 0.25) is 0 Å². The summed E-state index contributed by atoms with van der Waals surface area (Å²) in [4.78, 5) is 41.8. The molecular formula is C29H36N6O4. The Morgan fingerprint density at radius 2 is 1.54 bits per heavy atom. The molecule has 0 bridgehead atoms. The molecule has 3 aromatic rings. The normalized spacial score (nSPS) is 10.7. The molecule has 0 saturated heterocycles. The van der Waals surface area contributed by atoms with Gasteiger partial charge in [-0.1, -0.05) is 87.7 Å². The predicted octanol–water partition coefficient (Wildman–Crippen LogP) is 5.79. The van der Waals surface area contributed by atoms with Gasteiger partial charge in [0.15, 0.2) is 0 Å². The largest absolute Gasteiger partial charge is 0.423 e. The number of carbonyl (C=O) groups excluding carboxylic acids is 3. The van der Waals surface area contributed by atoms with E-state index in [0.29, 0.717) is 23.2 Å². The third-order valence-electron chi connectivity index (χ3n) is 6.19. The van der Waals surface area contributed by atoms with Crippen LogP contribution in [0.5, 0.6) is 5.75 Å². The van der Waals surface area contributed by atoms with Gasteiger partial charge < -0.3 is 9.58 Å². The van der Waals surface area contributed by atoms with E-state index in [9.17, 15) is 14.4 Å². The summed E-state index contributed by atoms with van der Waals surface area (Å²) in [5, 5.41) is 9.61. The van der Waals surface area contributed by atoms with Crippen molar-refractivity contribution in [3.63, 3.8) is 0 Å². The summed E-state index contributed by atoms with van der Waals surface area (Å²) in [6, 6.07) is 12.7. The third-order valence-corrected chi connectivity index (χ3v) is 6.19. The molecule has 0 radical (unpaired) electrons. The molecule has 2 amide bonds. The zero-order valence-corrected chi connectivity index (χ0v) is 22.5. The molecule has 2 aromatic carbocycles. The number of unbranched alkanes of at least 4 members (excludes halogenated alkanes) is 9. The van der Waals surface area contributed by atoms with Gasteiger partial charge in [-0.2, -0.15) is 0 Å². The number of esters is 1. The SMILES string of the molecule is [C-]#[N+]CC(=O)NN(CCCCCCCCCCCC)C(=O)n1nc2ccc(C(=O)Oc3ccccc3)cc2n1. The Bertz CT molecular complexity index is 1270. The zero-order chi connectivity index (χ0) is 27.9. The van der Waals surface area contributed by atoms with Crippen LogP contribution in [-0.2, 0) is 4.79 Å². The van der Waals surface area contributed by atoms with Gasteiger partial charge in [-0.3, -0.25) is 10.2 Å². The number of ether oxygens (including phenoxy) is 1. The van der Waals surface area contributed by atoms with Crippen molar-refractivity contribution in [3.8, 4) is 5.75 Å². The van der Waals surface area contributed by atoms with Gasteiger partial charge in [0.05, 0.1) is 5.56 Å². The quantitative estimate of drug-likeness (QED) is 0.0925. The number of hydrogen-bond acceptors (Lipinski definition) is 6. The van der Waals surface area contributed by atoms with Crippen LogP contribution < -0.4 is 10.2 Å². The van der Waals surface area contributed by atoms with E-state index in [1.54, 1.807) is 36.4 Å². The van der Waals surface area contributed by atoms with Crippen molar-refractivity contribution >= 4 is 28.9 Å². The Morgan fingerprint density at radius 1 is 0.897 bits per heavy atom. The molecular weight excluding hydrogens is 496 g/mol. The number of hydrazine groups is 1. The predicted molar refractivity (Wildman–Crippen MR) is 148 cm³/mol. The average Bonchev–Trinajstić information content (AvgIpc) is 3.37. The van der Waals surface area contributed by atoms with Gasteiger partial charge >= 0.3 is 17.9 Å². The number of nitrogens with one attached hydrogen (secondary N) is 1. The second kappa shape index (κ2) is 15.9. The molecule has 0 atom stereocenters. The number of para-hydroxylation sites is 1. The van der Waals surface area contributed by atoms with Gasteiger partial charge in [-0.05, 0) is 36.8 Å². The van der Waals surface area contributed by atoms with Crippen LogP contribution in [0.4, 0.5) is 4.79 Å². The lowest BCUT2D eigenvalue weighted by Crippen LogP contribution is -2.49. The summed E-state index contributed by atoms with van der Waals surface area (Å²) >= 11 is 0. The van der Waals surface area contributed by atoms with E-state index in [0.717, 1.165) is 29.1 Å². The Hall–Kier alpha value is -4.26. The lowest BCUT2D eigenvalue weighted by Gasteiger charge is -2.21. The van der Waals surface area contributed by atoms with E-state index in [1.807, 2.05) is 6.07 Å². The molecule has 39 heavy (non-hydrogen) atoms. The van der Waals surface area contributed by atoms with Crippen LogP contribution in [0, 0.1) is 6.57 Å². The summed E-state index contributed by atoms with van der Waals surface area (Å²) in [6.07, 6.45) is 11.4. The second-order valence-corrected chi connectivity index (χ2v) is 9.36. The first-order valence-electron chi connectivity index (χ1n) is 13.6. The Labute approximate surface area is 229 Å². The molecule has 10 heteroatoms. The minimum Gasteiger partial charge on any atom is -0.423 e. The van der Waals surface area contributed by atoms with Crippen molar-refractivity contribution in [1.29, 1.82) is 0 Å². The van der Waals surface area contributed by atoms with Crippen molar-refractivity contribution in [2.24, 2.45) is 0 Å². The number of hydrogen-bond donors (Lipinski definition) is 1. The third kappa shape index (κ3) is 9.52. The molecule has 0 aliphatic heterocycles. The van der Waals surface area contributed by atoms with Crippen LogP contribution >= 0.6 is 0 Å². The Balaban J connectivity index is 1.59. The summed E-state index contributed by atoms with van der Waals surface area (Å²) in [5.41, 5.74) is 3.51. The van der Waals surface area contributed by atoms with Crippen LogP contribution in [0.25, 0.3) is 15.9 Å². The molecule has 0 aliphatic carbocycles. The maximum absolute atomic E-state index is 13.2. The van der Waals surface area contributed by atoms with Gasteiger partial charge in [0.2, 0.25) is 0 Å². The average molecular weight is 533 g/mol. The number of nitrogens with zero attached hydrogens (tertiary/aromatic N) is 5. The van der Waals surface area contributed by atoms with Gasteiger partial charge in [-0.15, -0.1) is 10.2 Å². The second-order valence-electron chi connectivity index (χ2n) is 9.36. The molecule has 3 rings (SSSR count). The van der Waals surface area contributed by atoms with Crippen LogP contribution in [0.15, 0.2) is 48.5 Å². The fourth-order valence-corrected chi connectivity index (χ4v) is 4.10. The monoisotopic (exact) mass is 532 g/mol. The smallest absolute Gasteiger partial charge is 0.380 e. The van der Waals surface area contributed by atoms with Crippen molar-refractivity contribution < 1.29 is 19.1 Å². The highest BCUT2D eigenvalue weighted by Gasteiger charge is 2.22. The molecule has 0 saturated carbocycles. The molecule has 1 heterocycles. The van der Waals surface area contributed by atoms with Crippen LogP contribution in [-0.4, -0.2) is 51.0 Å². The Kier molecular flexibility index (Phi) is 11.9. The molecule has 0 unspecified atom stereocenters. The molecule has 0 aliphatic rings. The van der Waals surface area contributed by atoms with Gasteiger partial charge in [0.25, 0.3) is 6.54 Å². The standard InChI is InChI=1S/C29H36N6O4/c1-3-4-5-6-7-8-9-10-11-15-20-34(33-27(36)22-30-2)29(38)35-31-25-19-18-23(21-26(25)32-35)28(37)39-24-16-13-12-14-17-24/h12-14,16-19,21H,3-11,15,20,22H2,1H3,(H,33,36). The number of fused-ring (bicyclic) bond motifs is 1. The zero-order valence-electron chi connectivity index (χ0n) is 22.5. The minimum absolute atomic E-state index is 0.262.